The van der Waals surface area contributed by atoms with Crippen molar-refractivity contribution >= 4 is 12.0 Å². The maximum Gasteiger partial charge on any atom is 0.432 e. The minimum absolute atomic E-state index is 0.107. The summed E-state index contributed by atoms with van der Waals surface area (Å²) in [5.41, 5.74) is -3.56. The molecule has 2 rings (SSSR count). The van der Waals surface area contributed by atoms with Crippen molar-refractivity contribution in [3.05, 3.63) is 29.3 Å². The van der Waals surface area contributed by atoms with Crippen LogP contribution in [0.25, 0.3) is 6.08 Å². The number of hydrogen-bond donors (Lipinski definition) is 1. The van der Waals surface area contributed by atoms with E-state index in [1.807, 2.05) is 0 Å². The number of rotatable bonds is 3. The summed E-state index contributed by atoms with van der Waals surface area (Å²) in [6.07, 6.45) is -3.91. The topological polar surface area (TPSA) is 55.8 Å². The SMILES string of the molecule is CCOc1cccc2c1OC(C)(C(F)(F)F)C(C(=O)O)=C2. The summed E-state index contributed by atoms with van der Waals surface area (Å²) in [5.74, 6) is -1.64. The van der Waals surface area contributed by atoms with Crippen molar-refractivity contribution in [1.29, 1.82) is 0 Å². The Labute approximate surface area is 118 Å². The second kappa shape index (κ2) is 4.98. The molecule has 1 aliphatic heterocycles. The van der Waals surface area contributed by atoms with Crippen LogP contribution in [0.4, 0.5) is 13.2 Å². The van der Waals surface area contributed by atoms with Gasteiger partial charge < -0.3 is 14.6 Å². The highest BCUT2D eigenvalue weighted by atomic mass is 19.4. The van der Waals surface area contributed by atoms with Gasteiger partial charge in [0.25, 0.3) is 0 Å². The summed E-state index contributed by atoms with van der Waals surface area (Å²) in [7, 11) is 0. The number of benzene rings is 1. The number of carboxylic acids is 1. The lowest BCUT2D eigenvalue weighted by atomic mass is 9.89. The van der Waals surface area contributed by atoms with Crippen LogP contribution in [0, 0.1) is 0 Å². The molecule has 0 saturated carbocycles. The van der Waals surface area contributed by atoms with Gasteiger partial charge in [-0.25, -0.2) is 4.79 Å². The monoisotopic (exact) mass is 302 g/mol. The van der Waals surface area contributed by atoms with Crippen molar-refractivity contribution in [3.8, 4) is 11.5 Å². The molecule has 1 atom stereocenters. The summed E-state index contributed by atoms with van der Waals surface area (Å²) < 4.78 is 50.1. The summed E-state index contributed by atoms with van der Waals surface area (Å²) in [5, 5.41) is 9.06. The highest BCUT2D eigenvalue weighted by Crippen LogP contribution is 2.48. The first-order valence-corrected chi connectivity index (χ1v) is 6.17. The number of fused-ring (bicyclic) bond motifs is 1. The van der Waals surface area contributed by atoms with Crippen molar-refractivity contribution in [2.75, 3.05) is 6.61 Å². The van der Waals surface area contributed by atoms with Crippen LogP contribution in [-0.4, -0.2) is 29.5 Å². The fraction of sp³-hybridized carbons (Fsp3) is 0.357. The maximum absolute atomic E-state index is 13.3. The molecule has 1 unspecified atom stereocenters. The average molecular weight is 302 g/mol. The minimum atomic E-state index is -4.88. The number of carboxylic acid groups (broad SMARTS) is 1. The lowest BCUT2D eigenvalue weighted by molar-refractivity contribution is -0.229. The van der Waals surface area contributed by atoms with Crippen LogP contribution < -0.4 is 9.47 Å². The van der Waals surface area contributed by atoms with E-state index in [1.54, 1.807) is 13.0 Å². The molecule has 0 aromatic heterocycles. The van der Waals surface area contributed by atoms with Gasteiger partial charge >= 0.3 is 12.1 Å². The molecule has 21 heavy (non-hydrogen) atoms. The minimum Gasteiger partial charge on any atom is -0.490 e. The molecule has 0 saturated heterocycles. The van der Waals surface area contributed by atoms with E-state index >= 15 is 0 Å². The number of hydrogen-bond acceptors (Lipinski definition) is 3. The quantitative estimate of drug-likeness (QED) is 0.931. The molecule has 1 heterocycles. The van der Waals surface area contributed by atoms with Crippen LogP contribution in [0.3, 0.4) is 0 Å². The predicted molar refractivity (Wildman–Crippen MR) is 68.3 cm³/mol. The number of aliphatic carboxylic acids is 1. The first kappa shape index (κ1) is 15.2. The molecule has 0 amide bonds. The molecule has 0 radical (unpaired) electrons. The molecule has 0 fully saturated rings. The van der Waals surface area contributed by atoms with E-state index in [9.17, 15) is 18.0 Å². The van der Waals surface area contributed by atoms with Crippen LogP contribution in [0.15, 0.2) is 23.8 Å². The van der Waals surface area contributed by atoms with Gasteiger partial charge in [-0.2, -0.15) is 13.2 Å². The number of alkyl halides is 3. The Hall–Kier alpha value is -2.18. The average Bonchev–Trinajstić information content (AvgIpc) is 2.37. The van der Waals surface area contributed by atoms with Crippen molar-refractivity contribution < 1.29 is 32.5 Å². The molecule has 7 heteroatoms. The number of carbonyl (C=O) groups is 1. The highest BCUT2D eigenvalue weighted by Gasteiger charge is 2.60. The summed E-state index contributed by atoms with van der Waals surface area (Å²) in [4.78, 5) is 11.2. The van der Waals surface area contributed by atoms with E-state index in [-0.39, 0.29) is 23.7 Å². The maximum atomic E-state index is 13.3. The van der Waals surface area contributed by atoms with E-state index in [0.29, 0.717) is 6.92 Å². The Balaban J connectivity index is 2.65. The highest BCUT2D eigenvalue weighted by molar-refractivity contribution is 5.96. The molecule has 1 aliphatic rings. The molecule has 1 N–H and O–H groups in total. The Kier molecular flexibility index (Phi) is 3.61. The van der Waals surface area contributed by atoms with Gasteiger partial charge in [-0.1, -0.05) is 12.1 Å². The normalized spacial score (nSPS) is 21.1. The largest absolute Gasteiger partial charge is 0.490 e. The standard InChI is InChI=1S/C14H13F3O4/c1-3-20-10-6-4-5-8-7-9(12(18)19)13(2,14(15,16)17)21-11(8)10/h4-7H,3H2,1-2H3,(H,18,19). The summed E-state index contributed by atoms with van der Waals surface area (Å²) in [6, 6.07) is 4.49. The fourth-order valence-corrected chi connectivity index (χ4v) is 2.05. The third-order valence-electron chi connectivity index (χ3n) is 3.20. The smallest absolute Gasteiger partial charge is 0.432 e. The first-order chi connectivity index (χ1) is 9.70. The van der Waals surface area contributed by atoms with Crippen LogP contribution in [0.1, 0.15) is 19.4 Å². The second-order valence-electron chi connectivity index (χ2n) is 4.60. The van der Waals surface area contributed by atoms with E-state index in [1.165, 1.54) is 12.1 Å². The van der Waals surface area contributed by atoms with Crippen LogP contribution in [0.5, 0.6) is 11.5 Å². The molecular weight excluding hydrogens is 289 g/mol. The zero-order chi connectivity index (χ0) is 15.8. The molecule has 1 aromatic rings. The van der Waals surface area contributed by atoms with Gasteiger partial charge in [-0.3, -0.25) is 0 Å². The van der Waals surface area contributed by atoms with E-state index < -0.39 is 23.3 Å². The van der Waals surface area contributed by atoms with Gasteiger partial charge in [-0.15, -0.1) is 0 Å². The zero-order valence-corrected chi connectivity index (χ0v) is 11.3. The lowest BCUT2D eigenvalue weighted by Crippen LogP contribution is -2.52. The van der Waals surface area contributed by atoms with Gasteiger partial charge in [-0.05, 0) is 26.0 Å². The van der Waals surface area contributed by atoms with Crippen LogP contribution >= 0.6 is 0 Å². The third-order valence-corrected chi connectivity index (χ3v) is 3.20. The van der Waals surface area contributed by atoms with Gasteiger partial charge in [0.15, 0.2) is 11.5 Å². The van der Waals surface area contributed by atoms with E-state index in [2.05, 4.69) is 0 Å². The van der Waals surface area contributed by atoms with E-state index in [4.69, 9.17) is 14.6 Å². The molecule has 4 nitrogen and oxygen atoms in total. The van der Waals surface area contributed by atoms with Crippen molar-refractivity contribution in [2.45, 2.75) is 25.6 Å². The Morgan fingerprint density at radius 3 is 2.62 bits per heavy atom. The molecule has 0 aliphatic carbocycles. The first-order valence-electron chi connectivity index (χ1n) is 6.17. The predicted octanol–water partition coefficient (Wildman–Crippen LogP) is 3.27. The molecular formula is C14H13F3O4. The van der Waals surface area contributed by atoms with Crippen LogP contribution in [0.2, 0.25) is 0 Å². The summed E-state index contributed by atoms with van der Waals surface area (Å²) >= 11 is 0. The van der Waals surface area contributed by atoms with Crippen molar-refractivity contribution in [3.63, 3.8) is 0 Å². The number of halogens is 3. The molecule has 0 spiro atoms. The lowest BCUT2D eigenvalue weighted by Gasteiger charge is -2.36. The number of para-hydroxylation sites is 1. The van der Waals surface area contributed by atoms with Gasteiger partial charge in [0.1, 0.15) is 0 Å². The molecule has 1 aromatic carbocycles. The fourth-order valence-electron chi connectivity index (χ4n) is 2.05. The van der Waals surface area contributed by atoms with Gasteiger partial charge in [0, 0.05) is 5.56 Å². The third kappa shape index (κ3) is 2.43. The zero-order valence-electron chi connectivity index (χ0n) is 11.3. The molecule has 114 valence electrons. The summed E-state index contributed by atoms with van der Waals surface area (Å²) in [6.45, 7) is 2.63. The van der Waals surface area contributed by atoms with E-state index in [0.717, 1.165) is 6.08 Å². The number of ether oxygens (including phenoxy) is 2. The van der Waals surface area contributed by atoms with Crippen molar-refractivity contribution in [1.82, 2.24) is 0 Å². The van der Waals surface area contributed by atoms with Gasteiger partial charge in [0.05, 0.1) is 12.2 Å². The van der Waals surface area contributed by atoms with Gasteiger partial charge in [0.2, 0.25) is 5.60 Å². The second-order valence-corrected chi connectivity index (χ2v) is 4.60. The molecule has 0 bridgehead atoms. The van der Waals surface area contributed by atoms with Crippen LogP contribution in [-0.2, 0) is 4.79 Å². The van der Waals surface area contributed by atoms with Crippen molar-refractivity contribution in [2.24, 2.45) is 0 Å². The Morgan fingerprint density at radius 1 is 1.43 bits per heavy atom. The Morgan fingerprint density at radius 2 is 2.10 bits per heavy atom. The Bertz CT molecular complexity index is 607.